The van der Waals surface area contributed by atoms with Gasteiger partial charge in [-0.1, -0.05) is 18.2 Å². The Kier molecular flexibility index (Phi) is 6.61. The fourth-order valence-corrected chi connectivity index (χ4v) is 4.50. The van der Waals surface area contributed by atoms with Crippen molar-refractivity contribution in [1.29, 1.82) is 0 Å². The summed E-state index contributed by atoms with van der Waals surface area (Å²) >= 11 is 0. The van der Waals surface area contributed by atoms with Gasteiger partial charge in [-0.15, -0.1) is 0 Å². The minimum absolute atomic E-state index is 0.175. The first-order chi connectivity index (χ1) is 15.0. The number of nitrogens with one attached hydrogen (secondary N) is 1. The number of carbonyl (C=O) groups excluding carboxylic acids is 2. The Morgan fingerprint density at radius 3 is 2.32 bits per heavy atom. The molecular weight excluding hydrogens is 390 g/mol. The topological polar surface area (TPSA) is 78.4 Å². The molecular formula is C24H31N5O2. The van der Waals surface area contributed by atoms with Crippen LogP contribution in [0, 0.1) is 12.8 Å². The molecule has 2 aliphatic heterocycles. The summed E-state index contributed by atoms with van der Waals surface area (Å²) in [4.78, 5) is 38.9. The second-order valence-electron chi connectivity index (χ2n) is 8.72. The zero-order valence-electron chi connectivity index (χ0n) is 18.4. The third-order valence-corrected chi connectivity index (χ3v) is 6.51. The number of carbonyl (C=O) groups is 2. The van der Waals surface area contributed by atoms with E-state index in [1.807, 2.05) is 42.2 Å². The van der Waals surface area contributed by atoms with Crippen LogP contribution in [0.15, 0.2) is 36.5 Å². The number of aryl methyl sites for hydroxylation is 1. The molecule has 2 saturated heterocycles. The third kappa shape index (κ3) is 5.10. The second-order valence-corrected chi connectivity index (χ2v) is 8.72. The van der Waals surface area contributed by atoms with Crippen molar-refractivity contribution >= 4 is 17.5 Å². The third-order valence-electron chi connectivity index (χ3n) is 6.51. The second kappa shape index (κ2) is 9.56. The molecule has 4 rings (SSSR count). The quantitative estimate of drug-likeness (QED) is 0.821. The number of para-hydroxylation sites is 1. The average Bonchev–Trinajstić information content (AvgIpc) is 2.80. The number of amides is 2. The van der Waals surface area contributed by atoms with E-state index < -0.39 is 0 Å². The normalized spacial score (nSPS) is 18.7. The summed E-state index contributed by atoms with van der Waals surface area (Å²) < 4.78 is 0. The Morgan fingerprint density at radius 1 is 1.00 bits per heavy atom. The molecule has 0 aliphatic carbocycles. The largest absolute Gasteiger partial charge is 0.342 e. The van der Waals surface area contributed by atoms with Crippen LogP contribution in [0.3, 0.4) is 0 Å². The summed E-state index contributed by atoms with van der Waals surface area (Å²) in [5.74, 6) is 1.30. The molecule has 1 aromatic heterocycles. The molecule has 7 heteroatoms. The predicted octanol–water partition coefficient (Wildman–Crippen LogP) is 3.09. The van der Waals surface area contributed by atoms with Crippen LogP contribution in [0.4, 0.5) is 5.69 Å². The molecule has 2 aliphatic rings. The van der Waals surface area contributed by atoms with Crippen molar-refractivity contribution in [3.8, 4) is 0 Å². The Hall–Kier alpha value is -2.80. The van der Waals surface area contributed by atoms with E-state index in [1.54, 1.807) is 6.20 Å². The lowest BCUT2D eigenvalue weighted by atomic mass is 9.91. The van der Waals surface area contributed by atoms with Crippen molar-refractivity contribution < 1.29 is 9.59 Å². The molecule has 2 fully saturated rings. The van der Waals surface area contributed by atoms with Crippen LogP contribution in [0.5, 0.6) is 0 Å². The van der Waals surface area contributed by atoms with Crippen LogP contribution in [0.1, 0.15) is 53.5 Å². The van der Waals surface area contributed by atoms with Crippen molar-refractivity contribution in [2.24, 2.45) is 5.92 Å². The minimum atomic E-state index is -0.200. The van der Waals surface area contributed by atoms with Crippen LogP contribution < -0.4 is 5.32 Å². The standard InChI is InChI=1S/C24H31N5O2/c1-17-21(23(30)27-20-6-4-3-5-7-20)16-25-22(26-17)18-10-14-29(15-11-18)24(31)19-8-12-28(2)13-9-19/h3-7,16,18-19H,8-15H2,1-2H3,(H,27,30). The summed E-state index contributed by atoms with van der Waals surface area (Å²) in [6.45, 7) is 5.38. The van der Waals surface area contributed by atoms with Gasteiger partial charge < -0.3 is 15.1 Å². The number of piperidine rings is 2. The molecule has 0 atom stereocenters. The molecule has 3 heterocycles. The highest BCUT2D eigenvalue weighted by atomic mass is 16.2. The molecule has 0 spiro atoms. The molecule has 31 heavy (non-hydrogen) atoms. The molecule has 164 valence electrons. The fraction of sp³-hybridized carbons (Fsp3) is 0.500. The zero-order chi connectivity index (χ0) is 21.8. The van der Waals surface area contributed by atoms with Gasteiger partial charge in [0.25, 0.3) is 5.91 Å². The molecule has 0 unspecified atom stereocenters. The van der Waals surface area contributed by atoms with Gasteiger partial charge in [0.1, 0.15) is 5.82 Å². The molecule has 0 saturated carbocycles. The first-order valence-electron chi connectivity index (χ1n) is 11.2. The van der Waals surface area contributed by atoms with Gasteiger partial charge in [-0.25, -0.2) is 9.97 Å². The lowest BCUT2D eigenvalue weighted by Gasteiger charge is -2.36. The summed E-state index contributed by atoms with van der Waals surface area (Å²) in [7, 11) is 2.12. The summed E-state index contributed by atoms with van der Waals surface area (Å²) in [5, 5.41) is 2.88. The maximum atomic E-state index is 12.9. The Labute approximate surface area is 183 Å². The summed E-state index contributed by atoms with van der Waals surface area (Å²) in [6.07, 6.45) is 5.29. The minimum Gasteiger partial charge on any atom is -0.342 e. The Morgan fingerprint density at radius 2 is 1.68 bits per heavy atom. The Balaban J connectivity index is 1.34. The molecule has 2 aromatic rings. The van der Waals surface area contributed by atoms with Crippen molar-refractivity contribution in [3.63, 3.8) is 0 Å². The van der Waals surface area contributed by atoms with E-state index in [4.69, 9.17) is 0 Å². The molecule has 1 N–H and O–H groups in total. The maximum Gasteiger partial charge on any atom is 0.259 e. The van der Waals surface area contributed by atoms with Gasteiger partial charge in [0.15, 0.2) is 0 Å². The Bertz CT molecular complexity index is 917. The monoisotopic (exact) mass is 421 g/mol. The summed E-state index contributed by atoms with van der Waals surface area (Å²) in [6, 6.07) is 9.37. The number of likely N-dealkylation sites (tertiary alicyclic amines) is 2. The van der Waals surface area contributed by atoms with Gasteiger partial charge in [-0.05, 0) is 64.9 Å². The van der Waals surface area contributed by atoms with Crippen LogP contribution >= 0.6 is 0 Å². The van der Waals surface area contributed by atoms with Gasteiger partial charge in [-0.3, -0.25) is 9.59 Å². The van der Waals surface area contributed by atoms with E-state index in [0.717, 1.165) is 63.4 Å². The van der Waals surface area contributed by atoms with Gasteiger partial charge in [0, 0.05) is 36.8 Å². The molecule has 0 bridgehead atoms. The van der Waals surface area contributed by atoms with Crippen LogP contribution in [0.25, 0.3) is 0 Å². The van der Waals surface area contributed by atoms with E-state index in [-0.39, 0.29) is 17.7 Å². The van der Waals surface area contributed by atoms with Gasteiger partial charge in [0.2, 0.25) is 5.91 Å². The van der Waals surface area contributed by atoms with E-state index in [0.29, 0.717) is 17.2 Å². The van der Waals surface area contributed by atoms with Crippen LogP contribution in [-0.2, 0) is 4.79 Å². The number of anilines is 1. The highest BCUT2D eigenvalue weighted by Gasteiger charge is 2.31. The van der Waals surface area contributed by atoms with Crippen molar-refractivity contribution in [2.45, 2.75) is 38.5 Å². The van der Waals surface area contributed by atoms with Crippen molar-refractivity contribution in [1.82, 2.24) is 19.8 Å². The number of benzene rings is 1. The molecule has 7 nitrogen and oxygen atoms in total. The summed E-state index contributed by atoms with van der Waals surface area (Å²) in [5.41, 5.74) is 1.92. The first-order valence-corrected chi connectivity index (χ1v) is 11.2. The number of aromatic nitrogens is 2. The highest BCUT2D eigenvalue weighted by molar-refractivity contribution is 6.04. The number of nitrogens with zero attached hydrogens (tertiary/aromatic N) is 4. The number of hydrogen-bond donors (Lipinski definition) is 1. The lowest BCUT2D eigenvalue weighted by molar-refractivity contribution is -0.138. The van der Waals surface area contributed by atoms with E-state index in [1.165, 1.54) is 0 Å². The van der Waals surface area contributed by atoms with Crippen LogP contribution in [0.2, 0.25) is 0 Å². The van der Waals surface area contributed by atoms with E-state index >= 15 is 0 Å². The maximum absolute atomic E-state index is 12.9. The van der Waals surface area contributed by atoms with Crippen molar-refractivity contribution in [2.75, 3.05) is 38.5 Å². The number of rotatable bonds is 4. The first kappa shape index (κ1) is 21.4. The van der Waals surface area contributed by atoms with Crippen molar-refractivity contribution in [3.05, 3.63) is 53.6 Å². The fourth-order valence-electron chi connectivity index (χ4n) is 4.50. The highest BCUT2D eigenvalue weighted by Crippen LogP contribution is 2.28. The van der Waals surface area contributed by atoms with Gasteiger partial charge in [-0.2, -0.15) is 0 Å². The smallest absolute Gasteiger partial charge is 0.259 e. The van der Waals surface area contributed by atoms with E-state index in [2.05, 4.69) is 27.2 Å². The zero-order valence-corrected chi connectivity index (χ0v) is 18.4. The predicted molar refractivity (Wildman–Crippen MR) is 120 cm³/mol. The van der Waals surface area contributed by atoms with E-state index in [9.17, 15) is 9.59 Å². The molecule has 1 aromatic carbocycles. The molecule has 2 amide bonds. The lowest BCUT2D eigenvalue weighted by Crippen LogP contribution is -2.44. The SMILES string of the molecule is Cc1nc(C2CCN(C(=O)C3CCN(C)CC3)CC2)ncc1C(=O)Nc1ccccc1. The van der Waals surface area contributed by atoms with Gasteiger partial charge >= 0.3 is 0 Å². The van der Waals surface area contributed by atoms with Crippen LogP contribution in [-0.4, -0.2) is 64.8 Å². The molecule has 0 radical (unpaired) electrons. The number of hydrogen-bond acceptors (Lipinski definition) is 5. The van der Waals surface area contributed by atoms with Gasteiger partial charge in [0.05, 0.1) is 11.3 Å². The average molecular weight is 422 g/mol.